The monoisotopic (exact) mass is 266 g/mol. The Morgan fingerprint density at radius 1 is 1.30 bits per heavy atom. The summed E-state index contributed by atoms with van der Waals surface area (Å²) in [5.74, 6) is -0.446. The minimum absolute atomic E-state index is 0.446. The van der Waals surface area contributed by atoms with E-state index in [9.17, 15) is 4.79 Å². The molecule has 0 saturated heterocycles. The Bertz CT molecular complexity index is 667. The molecule has 5 heteroatoms. The predicted molar refractivity (Wildman–Crippen MR) is 78.8 cm³/mol. The summed E-state index contributed by atoms with van der Waals surface area (Å²) in [5.41, 5.74) is 8.72. The van der Waals surface area contributed by atoms with E-state index < -0.39 is 5.91 Å². The van der Waals surface area contributed by atoms with Crippen LogP contribution in [0.2, 0.25) is 0 Å². The van der Waals surface area contributed by atoms with Gasteiger partial charge in [-0.05, 0) is 11.6 Å². The van der Waals surface area contributed by atoms with Crippen molar-refractivity contribution >= 4 is 22.9 Å². The van der Waals surface area contributed by atoms with E-state index in [-0.39, 0.29) is 0 Å². The Morgan fingerprint density at radius 3 is 2.85 bits per heavy atom. The number of nitrogens with one attached hydrogen (secondary N) is 1. The highest BCUT2D eigenvalue weighted by Crippen LogP contribution is 2.31. The van der Waals surface area contributed by atoms with Crippen LogP contribution in [0.4, 0.5) is 11.4 Å². The number of anilines is 2. The van der Waals surface area contributed by atoms with E-state index in [4.69, 9.17) is 5.73 Å². The molecule has 3 rings (SSSR count). The summed E-state index contributed by atoms with van der Waals surface area (Å²) in [5, 5.41) is 3.21. The standard InChI is InChI=1S/C15H14N4O/c16-15(20)12(11-4-2-1-3-5-11)9-19-10-18-13-8-17-7-6-14(13)19/h1-9,18H,10H2,(H2,16,20). The van der Waals surface area contributed by atoms with Crippen LogP contribution in [0.25, 0.3) is 5.57 Å². The van der Waals surface area contributed by atoms with Crippen molar-refractivity contribution in [2.24, 2.45) is 5.73 Å². The number of carbonyl (C=O) groups is 1. The molecule has 0 fully saturated rings. The lowest BCUT2D eigenvalue weighted by molar-refractivity contribution is -0.112. The summed E-state index contributed by atoms with van der Waals surface area (Å²) < 4.78 is 0. The number of hydrogen-bond donors (Lipinski definition) is 2. The van der Waals surface area contributed by atoms with E-state index in [1.807, 2.05) is 41.3 Å². The highest BCUT2D eigenvalue weighted by Gasteiger charge is 2.18. The normalized spacial score (nSPS) is 13.8. The largest absolute Gasteiger partial charge is 0.366 e. The molecule has 5 nitrogen and oxygen atoms in total. The third-order valence-corrected chi connectivity index (χ3v) is 3.18. The highest BCUT2D eigenvalue weighted by atomic mass is 16.1. The number of fused-ring (bicyclic) bond motifs is 1. The average molecular weight is 266 g/mol. The van der Waals surface area contributed by atoms with Crippen LogP contribution in [-0.2, 0) is 4.79 Å². The molecule has 1 amide bonds. The molecule has 0 spiro atoms. The zero-order valence-corrected chi connectivity index (χ0v) is 10.8. The molecule has 1 aromatic heterocycles. The van der Waals surface area contributed by atoms with Crippen molar-refractivity contribution in [1.82, 2.24) is 4.98 Å². The van der Waals surface area contributed by atoms with Gasteiger partial charge in [-0.3, -0.25) is 9.78 Å². The zero-order chi connectivity index (χ0) is 13.9. The number of aromatic nitrogens is 1. The molecule has 0 saturated carbocycles. The molecule has 0 radical (unpaired) electrons. The van der Waals surface area contributed by atoms with Crippen LogP contribution in [0, 0.1) is 0 Å². The smallest absolute Gasteiger partial charge is 0.250 e. The summed E-state index contributed by atoms with van der Waals surface area (Å²) >= 11 is 0. The summed E-state index contributed by atoms with van der Waals surface area (Å²) in [6.07, 6.45) is 5.26. The molecule has 20 heavy (non-hydrogen) atoms. The van der Waals surface area contributed by atoms with Crippen molar-refractivity contribution in [3.63, 3.8) is 0 Å². The molecular weight excluding hydrogens is 252 g/mol. The third-order valence-electron chi connectivity index (χ3n) is 3.18. The van der Waals surface area contributed by atoms with E-state index in [1.54, 1.807) is 18.6 Å². The SMILES string of the molecule is NC(=O)C(=CN1CNc2cnccc21)c1ccccc1. The molecule has 3 N–H and O–H groups in total. The lowest BCUT2D eigenvalue weighted by Crippen LogP contribution is -2.20. The van der Waals surface area contributed by atoms with Gasteiger partial charge in [0.25, 0.3) is 5.91 Å². The van der Waals surface area contributed by atoms with E-state index in [2.05, 4.69) is 10.3 Å². The number of carbonyl (C=O) groups excluding carboxylic acids is 1. The molecule has 0 unspecified atom stereocenters. The fraction of sp³-hybridized carbons (Fsp3) is 0.0667. The molecule has 0 bridgehead atoms. The fourth-order valence-electron chi connectivity index (χ4n) is 2.20. The second-order valence-corrected chi connectivity index (χ2v) is 4.47. The molecule has 2 heterocycles. The number of amides is 1. The van der Waals surface area contributed by atoms with E-state index in [0.717, 1.165) is 16.9 Å². The highest BCUT2D eigenvalue weighted by molar-refractivity contribution is 6.19. The van der Waals surface area contributed by atoms with Gasteiger partial charge in [0.1, 0.15) is 0 Å². The van der Waals surface area contributed by atoms with Gasteiger partial charge in [-0.1, -0.05) is 30.3 Å². The van der Waals surface area contributed by atoms with Crippen LogP contribution in [0.5, 0.6) is 0 Å². The minimum Gasteiger partial charge on any atom is -0.366 e. The molecular formula is C15H14N4O. The first-order valence-electron chi connectivity index (χ1n) is 6.27. The number of pyridine rings is 1. The van der Waals surface area contributed by atoms with Gasteiger partial charge in [0, 0.05) is 12.4 Å². The van der Waals surface area contributed by atoms with E-state index in [1.165, 1.54) is 0 Å². The molecule has 100 valence electrons. The van der Waals surface area contributed by atoms with Gasteiger partial charge >= 0.3 is 0 Å². The lowest BCUT2D eigenvalue weighted by atomic mass is 10.1. The summed E-state index contributed by atoms with van der Waals surface area (Å²) in [7, 11) is 0. The van der Waals surface area contributed by atoms with E-state index in [0.29, 0.717) is 12.2 Å². The van der Waals surface area contributed by atoms with Crippen molar-refractivity contribution in [2.75, 3.05) is 16.9 Å². The molecule has 1 aliphatic heterocycles. The molecule has 1 aromatic carbocycles. The quantitative estimate of drug-likeness (QED) is 0.831. The van der Waals surface area contributed by atoms with Crippen molar-refractivity contribution in [3.05, 3.63) is 60.6 Å². The van der Waals surface area contributed by atoms with Crippen molar-refractivity contribution in [3.8, 4) is 0 Å². The number of hydrogen-bond acceptors (Lipinski definition) is 4. The fourth-order valence-corrected chi connectivity index (χ4v) is 2.20. The number of nitrogens with zero attached hydrogens (tertiary/aromatic N) is 2. The second kappa shape index (κ2) is 5.05. The van der Waals surface area contributed by atoms with Crippen LogP contribution < -0.4 is 16.0 Å². The first kappa shape index (κ1) is 12.2. The Labute approximate surface area is 116 Å². The van der Waals surface area contributed by atoms with Gasteiger partial charge in [-0.15, -0.1) is 0 Å². The molecule has 0 aliphatic carbocycles. The molecule has 1 aliphatic rings. The van der Waals surface area contributed by atoms with Gasteiger partial charge in [-0.25, -0.2) is 0 Å². The summed E-state index contributed by atoms with van der Waals surface area (Å²) in [6, 6.07) is 11.3. The van der Waals surface area contributed by atoms with Gasteiger partial charge < -0.3 is 16.0 Å². The summed E-state index contributed by atoms with van der Waals surface area (Å²) in [6.45, 7) is 0.588. The van der Waals surface area contributed by atoms with E-state index >= 15 is 0 Å². The van der Waals surface area contributed by atoms with Gasteiger partial charge in [0.05, 0.1) is 29.8 Å². The van der Waals surface area contributed by atoms with Crippen LogP contribution in [-0.4, -0.2) is 17.6 Å². The first-order valence-corrected chi connectivity index (χ1v) is 6.27. The number of primary amides is 1. The maximum atomic E-state index is 11.7. The summed E-state index contributed by atoms with van der Waals surface area (Å²) in [4.78, 5) is 17.7. The number of nitrogens with two attached hydrogens (primary N) is 1. The number of rotatable bonds is 3. The van der Waals surface area contributed by atoms with Crippen molar-refractivity contribution in [1.29, 1.82) is 0 Å². The van der Waals surface area contributed by atoms with Gasteiger partial charge in [0.2, 0.25) is 0 Å². The van der Waals surface area contributed by atoms with Crippen molar-refractivity contribution in [2.45, 2.75) is 0 Å². The second-order valence-electron chi connectivity index (χ2n) is 4.47. The first-order chi connectivity index (χ1) is 9.75. The Balaban J connectivity index is 2.00. The molecule has 2 aromatic rings. The average Bonchev–Trinajstić information content (AvgIpc) is 2.88. The van der Waals surface area contributed by atoms with Gasteiger partial charge in [-0.2, -0.15) is 0 Å². The predicted octanol–water partition coefficient (Wildman–Crippen LogP) is 1.80. The maximum Gasteiger partial charge on any atom is 0.250 e. The number of benzene rings is 1. The Kier molecular flexibility index (Phi) is 3.09. The van der Waals surface area contributed by atoms with Crippen LogP contribution >= 0.6 is 0 Å². The minimum atomic E-state index is -0.446. The van der Waals surface area contributed by atoms with Crippen LogP contribution in [0.1, 0.15) is 5.56 Å². The van der Waals surface area contributed by atoms with Crippen LogP contribution in [0.15, 0.2) is 55.0 Å². The Hall–Kier alpha value is -2.82. The van der Waals surface area contributed by atoms with Crippen molar-refractivity contribution < 1.29 is 4.79 Å². The third kappa shape index (κ3) is 2.21. The topological polar surface area (TPSA) is 71.2 Å². The maximum absolute atomic E-state index is 11.7. The molecule has 0 atom stereocenters. The van der Waals surface area contributed by atoms with Gasteiger partial charge in [0.15, 0.2) is 0 Å². The zero-order valence-electron chi connectivity index (χ0n) is 10.8. The Morgan fingerprint density at radius 2 is 2.10 bits per heavy atom. The lowest BCUT2D eigenvalue weighted by Gasteiger charge is -2.14. The van der Waals surface area contributed by atoms with Crippen LogP contribution in [0.3, 0.4) is 0 Å².